The summed E-state index contributed by atoms with van der Waals surface area (Å²) in [6.45, 7) is 3.84. The molecule has 1 rings (SSSR count). The summed E-state index contributed by atoms with van der Waals surface area (Å²) in [5.41, 5.74) is 2.43. The minimum Gasteiger partial charge on any atom is -0.496 e. The number of halogens is 1. The van der Waals surface area contributed by atoms with E-state index in [2.05, 4.69) is 47.0 Å². The van der Waals surface area contributed by atoms with Crippen LogP contribution in [0.5, 0.6) is 5.75 Å². The highest BCUT2D eigenvalue weighted by atomic mass is 127. The lowest BCUT2D eigenvalue weighted by atomic mass is 10.1. The molecule has 0 bridgehead atoms. The highest BCUT2D eigenvalue weighted by Gasteiger charge is 2.01. The molecule has 1 aromatic rings. The van der Waals surface area contributed by atoms with E-state index in [1.807, 2.05) is 11.8 Å². The summed E-state index contributed by atoms with van der Waals surface area (Å²) in [5, 5.41) is 6.60. The number of ether oxygens (including phenoxy) is 1. The van der Waals surface area contributed by atoms with Gasteiger partial charge in [-0.2, -0.15) is 11.8 Å². The van der Waals surface area contributed by atoms with Gasteiger partial charge in [0, 0.05) is 25.9 Å². The first-order valence-electron chi connectivity index (χ1n) is 6.78. The fourth-order valence-electron chi connectivity index (χ4n) is 1.84. The van der Waals surface area contributed by atoms with E-state index in [1.165, 1.54) is 11.1 Å². The van der Waals surface area contributed by atoms with Crippen LogP contribution in [0.1, 0.15) is 11.1 Å². The summed E-state index contributed by atoms with van der Waals surface area (Å²) in [5.74, 6) is 2.89. The maximum atomic E-state index is 5.34. The molecule has 0 heterocycles. The van der Waals surface area contributed by atoms with Crippen LogP contribution in [0.4, 0.5) is 0 Å². The Kier molecular flexibility index (Phi) is 11.6. The third-order valence-electron chi connectivity index (χ3n) is 3.00. The van der Waals surface area contributed by atoms with Crippen LogP contribution in [0.3, 0.4) is 0 Å². The summed E-state index contributed by atoms with van der Waals surface area (Å²) >= 11 is 1.82. The molecule has 4 nitrogen and oxygen atoms in total. The van der Waals surface area contributed by atoms with Gasteiger partial charge in [-0.05, 0) is 36.8 Å². The second-order valence-corrected chi connectivity index (χ2v) is 5.46. The average molecular weight is 423 g/mol. The molecule has 0 fully saturated rings. The number of thioether (sulfide) groups is 1. The first kappa shape index (κ1) is 20.4. The molecule has 0 spiro atoms. The van der Waals surface area contributed by atoms with Crippen LogP contribution in [0.15, 0.2) is 23.2 Å². The number of hydrogen-bond acceptors (Lipinski definition) is 3. The van der Waals surface area contributed by atoms with E-state index in [-0.39, 0.29) is 24.0 Å². The lowest BCUT2D eigenvalue weighted by Gasteiger charge is -2.12. The highest BCUT2D eigenvalue weighted by molar-refractivity contribution is 14.0. The third kappa shape index (κ3) is 7.80. The number of hydrogen-bond donors (Lipinski definition) is 2. The molecule has 0 unspecified atom stereocenters. The van der Waals surface area contributed by atoms with Gasteiger partial charge < -0.3 is 15.4 Å². The molecule has 120 valence electrons. The van der Waals surface area contributed by atoms with Crippen molar-refractivity contribution in [3.8, 4) is 5.75 Å². The second-order valence-electron chi connectivity index (χ2n) is 4.47. The van der Waals surface area contributed by atoms with Gasteiger partial charge in [0.15, 0.2) is 5.96 Å². The van der Waals surface area contributed by atoms with E-state index in [4.69, 9.17) is 4.74 Å². The molecule has 0 aliphatic carbocycles. The van der Waals surface area contributed by atoms with Gasteiger partial charge in [-0.15, -0.1) is 24.0 Å². The van der Waals surface area contributed by atoms with Crippen LogP contribution in [0, 0.1) is 6.92 Å². The maximum Gasteiger partial charge on any atom is 0.191 e. The topological polar surface area (TPSA) is 45.7 Å². The molecule has 0 atom stereocenters. The molecule has 6 heteroatoms. The number of guanidine groups is 1. The normalized spacial score (nSPS) is 10.8. The van der Waals surface area contributed by atoms with Gasteiger partial charge in [-0.3, -0.25) is 4.99 Å². The number of rotatable bonds is 7. The Balaban J connectivity index is 0.00000400. The van der Waals surface area contributed by atoms with Crippen LogP contribution < -0.4 is 15.4 Å². The Morgan fingerprint density at radius 3 is 2.62 bits per heavy atom. The quantitative estimate of drug-likeness (QED) is 0.307. The number of nitrogens with one attached hydrogen (secondary N) is 2. The molecule has 0 aliphatic rings. The number of benzene rings is 1. The molecule has 0 radical (unpaired) electrons. The van der Waals surface area contributed by atoms with Crippen molar-refractivity contribution < 1.29 is 4.74 Å². The van der Waals surface area contributed by atoms with Crippen molar-refractivity contribution >= 4 is 41.7 Å². The molecular weight excluding hydrogens is 397 g/mol. The van der Waals surface area contributed by atoms with Crippen molar-refractivity contribution in [2.75, 3.05) is 39.3 Å². The van der Waals surface area contributed by atoms with E-state index in [9.17, 15) is 0 Å². The molecule has 0 saturated carbocycles. The number of aryl methyl sites for hydroxylation is 1. The van der Waals surface area contributed by atoms with Crippen LogP contribution in [-0.4, -0.2) is 45.2 Å². The van der Waals surface area contributed by atoms with Crippen molar-refractivity contribution in [3.05, 3.63) is 29.3 Å². The zero-order valence-corrected chi connectivity index (χ0v) is 16.4. The Hall–Kier alpha value is -0.630. The molecule has 21 heavy (non-hydrogen) atoms. The van der Waals surface area contributed by atoms with E-state index in [0.717, 1.165) is 37.0 Å². The Morgan fingerprint density at radius 2 is 2.00 bits per heavy atom. The van der Waals surface area contributed by atoms with Crippen molar-refractivity contribution in [2.45, 2.75) is 13.3 Å². The SMILES string of the molecule is CN=C(NCCSC)NCCc1ccc(C)c(OC)c1.I. The molecule has 0 saturated heterocycles. The number of methoxy groups -OCH3 is 1. The molecule has 2 N–H and O–H groups in total. The number of nitrogens with zero attached hydrogens (tertiary/aromatic N) is 1. The molecule has 0 aliphatic heterocycles. The molecular formula is C15H26IN3OS. The molecule has 1 aromatic carbocycles. The van der Waals surface area contributed by atoms with E-state index < -0.39 is 0 Å². The summed E-state index contributed by atoms with van der Waals surface area (Å²) in [6, 6.07) is 6.34. The first-order chi connectivity index (χ1) is 9.71. The number of aliphatic imine (C=N–C) groups is 1. The van der Waals surface area contributed by atoms with Crippen molar-refractivity contribution in [1.29, 1.82) is 0 Å². The first-order valence-corrected chi connectivity index (χ1v) is 8.17. The fraction of sp³-hybridized carbons (Fsp3) is 0.533. The Bertz CT molecular complexity index is 441. The smallest absolute Gasteiger partial charge is 0.191 e. The van der Waals surface area contributed by atoms with Gasteiger partial charge in [-0.1, -0.05) is 12.1 Å². The van der Waals surface area contributed by atoms with Crippen LogP contribution in [0.2, 0.25) is 0 Å². The summed E-state index contributed by atoms with van der Waals surface area (Å²) in [6.07, 6.45) is 3.04. The second kappa shape index (κ2) is 12.0. The van der Waals surface area contributed by atoms with Gasteiger partial charge in [0.05, 0.1) is 7.11 Å². The van der Waals surface area contributed by atoms with Crippen LogP contribution in [0.25, 0.3) is 0 Å². The van der Waals surface area contributed by atoms with Crippen LogP contribution in [-0.2, 0) is 6.42 Å². The summed E-state index contributed by atoms with van der Waals surface area (Å²) < 4.78 is 5.34. The van der Waals surface area contributed by atoms with Gasteiger partial charge in [-0.25, -0.2) is 0 Å². The van der Waals surface area contributed by atoms with Crippen molar-refractivity contribution in [2.24, 2.45) is 4.99 Å². The average Bonchev–Trinajstić information content (AvgIpc) is 2.47. The van der Waals surface area contributed by atoms with E-state index >= 15 is 0 Å². The molecule has 0 amide bonds. The highest BCUT2D eigenvalue weighted by Crippen LogP contribution is 2.18. The van der Waals surface area contributed by atoms with Crippen LogP contribution >= 0.6 is 35.7 Å². The predicted octanol–water partition coefficient (Wildman–Crippen LogP) is 2.69. The van der Waals surface area contributed by atoms with Gasteiger partial charge in [0.25, 0.3) is 0 Å². The van der Waals surface area contributed by atoms with E-state index in [0.29, 0.717) is 0 Å². The molecule has 0 aromatic heterocycles. The maximum absolute atomic E-state index is 5.34. The van der Waals surface area contributed by atoms with Gasteiger partial charge in [0.1, 0.15) is 5.75 Å². The predicted molar refractivity (Wildman–Crippen MR) is 105 cm³/mol. The zero-order valence-electron chi connectivity index (χ0n) is 13.2. The lowest BCUT2D eigenvalue weighted by Crippen LogP contribution is -2.39. The lowest BCUT2D eigenvalue weighted by molar-refractivity contribution is 0.411. The minimum atomic E-state index is 0. The van der Waals surface area contributed by atoms with Gasteiger partial charge in [0.2, 0.25) is 0 Å². The van der Waals surface area contributed by atoms with E-state index in [1.54, 1.807) is 14.2 Å². The fourth-order valence-corrected chi connectivity index (χ4v) is 2.14. The standard InChI is InChI=1S/C15H25N3OS.HI/c1-12-5-6-13(11-14(12)19-3)7-8-17-15(16-2)18-9-10-20-4;/h5-6,11H,7-10H2,1-4H3,(H2,16,17,18);1H. The third-order valence-corrected chi connectivity index (χ3v) is 3.61. The van der Waals surface area contributed by atoms with Crippen molar-refractivity contribution in [1.82, 2.24) is 10.6 Å². The van der Waals surface area contributed by atoms with Gasteiger partial charge >= 0.3 is 0 Å². The van der Waals surface area contributed by atoms with Crippen molar-refractivity contribution in [3.63, 3.8) is 0 Å². The minimum absolute atomic E-state index is 0. The largest absolute Gasteiger partial charge is 0.496 e. The zero-order chi connectivity index (χ0) is 14.8. The Morgan fingerprint density at radius 1 is 1.29 bits per heavy atom. The monoisotopic (exact) mass is 423 g/mol. The summed E-state index contributed by atoms with van der Waals surface area (Å²) in [7, 11) is 3.51. The Labute approximate surface area is 149 Å². The summed E-state index contributed by atoms with van der Waals surface area (Å²) in [4.78, 5) is 4.20.